The van der Waals surface area contributed by atoms with Crippen molar-refractivity contribution in [2.75, 3.05) is 26.2 Å². The Kier molecular flexibility index (Phi) is 4.84. The fourth-order valence-corrected chi connectivity index (χ4v) is 2.72. The molecule has 102 valence electrons. The topological polar surface area (TPSA) is 39.8 Å². The molecule has 1 atom stereocenters. The number of hydrogen-bond acceptors (Lipinski definition) is 2. The minimum atomic E-state index is 0.213. The van der Waals surface area contributed by atoms with Gasteiger partial charge in [-0.2, -0.15) is 0 Å². The summed E-state index contributed by atoms with van der Waals surface area (Å²) in [6.45, 7) is 9.20. The molecule has 1 aromatic heterocycles. The van der Waals surface area contributed by atoms with Crippen molar-refractivity contribution >= 4 is 0 Å². The van der Waals surface area contributed by atoms with Crippen molar-refractivity contribution < 1.29 is 0 Å². The molecule has 2 rings (SSSR count). The number of aromatic amines is 1. The molecule has 2 heterocycles. The first-order chi connectivity index (χ1) is 8.68. The van der Waals surface area contributed by atoms with Gasteiger partial charge < -0.3 is 15.6 Å². The predicted molar refractivity (Wildman–Crippen MR) is 76.9 cm³/mol. The highest BCUT2D eigenvalue weighted by atomic mass is 14.9. The fourth-order valence-electron chi connectivity index (χ4n) is 2.72. The fraction of sp³-hybridized carbons (Fsp3) is 0.733. The SMILES string of the molecule is CC(C)(CNCCC1CCCNC1)c1cc[nH]c1. The molecule has 1 saturated heterocycles. The van der Waals surface area contributed by atoms with Crippen molar-refractivity contribution in [1.82, 2.24) is 15.6 Å². The van der Waals surface area contributed by atoms with Gasteiger partial charge in [-0.25, -0.2) is 0 Å². The summed E-state index contributed by atoms with van der Waals surface area (Å²) in [7, 11) is 0. The largest absolute Gasteiger partial charge is 0.367 e. The zero-order chi connectivity index (χ0) is 12.8. The van der Waals surface area contributed by atoms with Gasteiger partial charge in [-0.3, -0.25) is 0 Å². The third-order valence-electron chi connectivity index (χ3n) is 4.07. The van der Waals surface area contributed by atoms with Gasteiger partial charge in [0, 0.05) is 24.4 Å². The number of H-pyrrole nitrogens is 1. The van der Waals surface area contributed by atoms with Crippen LogP contribution in [0.5, 0.6) is 0 Å². The molecule has 18 heavy (non-hydrogen) atoms. The minimum absolute atomic E-state index is 0.213. The molecule has 1 aliphatic rings. The molecule has 0 bridgehead atoms. The second-order valence-corrected chi connectivity index (χ2v) is 6.16. The molecule has 0 spiro atoms. The van der Waals surface area contributed by atoms with Crippen LogP contribution < -0.4 is 10.6 Å². The Morgan fingerprint density at radius 2 is 2.33 bits per heavy atom. The van der Waals surface area contributed by atoms with Gasteiger partial charge in [0.1, 0.15) is 0 Å². The average molecular weight is 249 g/mol. The van der Waals surface area contributed by atoms with E-state index in [-0.39, 0.29) is 5.41 Å². The van der Waals surface area contributed by atoms with Gasteiger partial charge in [0.05, 0.1) is 0 Å². The van der Waals surface area contributed by atoms with Gasteiger partial charge in [-0.15, -0.1) is 0 Å². The molecule has 0 amide bonds. The van der Waals surface area contributed by atoms with Crippen LogP contribution in [0.15, 0.2) is 18.5 Å². The number of aromatic nitrogens is 1. The Morgan fingerprint density at radius 3 is 3.00 bits per heavy atom. The lowest BCUT2D eigenvalue weighted by Gasteiger charge is -2.26. The van der Waals surface area contributed by atoms with E-state index in [0.717, 1.165) is 19.0 Å². The lowest BCUT2D eigenvalue weighted by molar-refractivity contribution is 0.345. The van der Waals surface area contributed by atoms with Crippen LogP contribution in [0.4, 0.5) is 0 Å². The lowest BCUT2D eigenvalue weighted by atomic mass is 9.86. The molecular weight excluding hydrogens is 222 g/mol. The highest BCUT2D eigenvalue weighted by Crippen LogP contribution is 2.21. The maximum absolute atomic E-state index is 3.62. The predicted octanol–water partition coefficient (Wildman–Crippen LogP) is 2.27. The summed E-state index contributed by atoms with van der Waals surface area (Å²) in [5.41, 5.74) is 1.60. The maximum atomic E-state index is 3.62. The molecular formula is C15H27N3. The second kappa shape index (κ2) is 6.39. The third-order valence-corrected chi connectivity index (χ3v) is 4.07. The quantitative estimate of drug-likeness (QED) is 0.677. The molecule has 1 aliphatic heterocycles. The van der Waals surface area contributed by atoms with E-state index in [1.807, 2.05) is 6.20 Å². The zero-order valence-corrected chi connectivity index (χ0v) is 11.8. The van der Waals surface area contributed by atoms with E-state index in [1.165, 1.54) is 37.9 Å². The van der Waals surface area contributed by atoms with Crippen LogP contribution in [-0.2, 0) is 5.41 Å². The second-order valence-electron chi connectivity index (χ2n) is 6.16. The van der Waals surface area contributed by atoms with E-state index in [1.54, 1.807) is 0 Å². The number of nitrogens with one attached hydrogen (secondary N) is 3. The number of hydrogen-bond donors (Lipinski definition) is 3. The highest BCUT2D eigenvalue weighted by molar-refractivity contribution is 5.20. The van der Waals surface area contributed by atoms with Crippen LogP contribution in [0.25, 0.3) is 0 Å². The molecule has 0 radical (unpaired) electrons. The van der Waals surface area contributed by atoms with Crippen LogP contribution in [0.3, 0.4) is 0 Å². The van der Waals surface area contributed by atoms with E-state index < -0.39 is 0 Å². The van der Waals surface area contributed by atoms with Gasteiger partial charge in [0.2, 0.25) is 0 Å². The van der Waals surface area contributed by atoms with Crippen molar-refractivity contribution in [3.63, 3.8) is 0 Å². The van der Waals surface area contributed by atoms with Gasteiger partial charge in [-0.1, -0.05) is 13.8 Å². The van der Waals surface area contributed by atoms with E-state index in [2.05, 4.69) is 41.7 Å². The van der Waals surface area contributed by atoms with Gasteiger partial charge in [0.25, 0.3) is 0 Å². The molecule has 1 aromatic rings. The van der Waals surface area contributed by atoms with Crippen LogP contribution in [0.2, 0.25) is 0 Å². The summed E-state index contributed by atoms with van der Waals surface area (Å²) >= 11 is 0. The minimum Gasteiger partial charge on any atom is -0.367 e. The summed E-state index contributed by atoms with van der Waals surface area (Å²) in [6.07, 6.45) is 8.16. The monoisotopic (exact) mass is 249 g/mol. The molecule has 3 nitrogen and oxygen atoms in total. The lowest BCUT2D eigenvalue weighted by Crippen LogP contribution is -2.36. The van der Waals surface area contributed by atoms with E-state index in [0.29, 0.717) is 0 Å². The van der Waals surface area contributed by atoms with Crippen molar-refractivity contribution in [1.29, 1.82) is 0 Å². The van der Waals surface area contributed by atoms with E-state index in [4.69, 9.17) is 0 Å². The number of rotatable bonds is 6. The van der Waals surface area contributed by atoms with Gasteiger partial charge >= 0.3 is 0 Å². The van der Waals surface area contributed by atoms with Gasteiger partial charge in [-0.05, 0) is 56.4 Å². The summed E-state index contributed by atoms with van der Waals surface area (Å²) in [6, 6.07) is 2.17. The molecule has 3 N–H and O–H groups in total. The van der Waals surface area contributed by atoms with Crippen molar-refractivity contribution in [2.24, 2.45) is 5.92 Å². The van der Waals surface area contributed by atoms with E-state index >= 15 is 0 Å². The Balaban J connectivity index is 1.65. The maximum Gasteiger partial charge on any atom is 0.00437 e. The zero-order valence-electron chi connectivity index (χ0n) is 11.8. The van der Waals surface area contributed by atoms with Crippen molar-refractivity contribution in [2.45, 2.75) is 38.5 Å². The molecule has 0 aliphatic carbocycles. The van der Waals surface area contributed by atoms with Crippen molar-refractivity contribution in [3.05, 3.63) is 24.0 Å². The molecule has 1 fully saturated rings. The van der Waals surface area contributed by atoms with Gasteiger partial charge in [0.15, 0.2) is 0 Å². The first kappa shape index (κ1) is 13.6. The van der Waals surface area contributed by atoms with E-state index in [9.17, 15) is 0 Å². The van der Waals surface area contributed by atoms with Crippen molar-refractivity contribution in [3.8, 4) is 0 Å². The first-order valence-corrected chi connectivity index (χ1v) is 7.23. The van der Waals surface area contributed by atoms with Crippen LogP contribution in [-0.4, -0.2) is 31.2 Å². The van der Waals surface area contributed by atoms with Crippen LogP contribution in [0, 0.1) is 5.92 Å². The Morgan fingerprint density at radius 1 is 1.44 bits per heavy atom. The average Bonchev–Trinajstić information content (AvgIpc) is 2.91. The molecule has 3 heteroatoms. The standard InChI is InChI=1S/C15H27N3/c1-15(2,14-6-9-17-11-14)12-18-8-5-13-4-3-7-16-10-13/h6,9,11,13,16-18H,3-5,7-8,10,12H2,1-2H3. The van der Waals surface area contributed by atoms with Crippen LogP contribution in [0.1, 0.15) is 38.7 Å². The Labute approximate surface area is 111 Å². The third kappa shape index (κ3) is 3.85. The molecule has 0 aromatic carbocycles. The molecule has 0 saturated carbocycles. The number of piperidine rings is 1. The highest BCUT2D eigenvalue weighted by Gasteiger charge is 2.20. The van der Waals surface area contributed by atoms with Crippen LogP contribution >= 0.6 is 0 Å². The normalized spacial score (nSPS) is 21.1. The summed E-state index contributed by atoms with van der Waals surface area (Å²) in [4.78, 5) is 3.14. The Hall–Kier alpha value is -0.800. The first-order valence-electron chi connectivity index (χ1n) is 7.23. The Bertz CT molecular complexity index is 324. The summed E-state index contributed by atoms with van der Waals surface area (Å²) < 4.78 is 0. The molecule has 1 unspecified atom stereocenters. The smallest absolute Gasteiger partial charge is 0.00437 e. The summed E-state index contributed by atoms with van der Waals surface area (Å²) in [5, 5.41) is 7.10. The summed E-state index contributed by atoms with van der Waals surface area (Å²) in [5.74, 6) is 0.877.